The number of aryl methyl sites for hydroxylation is 1. The summed E-state index contributed by atoms with van der Waals surface area (Å²) in [5.41, 5.74) is 1.88. The largest absolute Gasteiger partial charge is 0.396 e. The van der Waals surface area contributed by atoms with Crippen molar-refractivity contribution in [3.63, 3.8) is 0 Å². The van der Waals surface area contributed by atoms with Gasteiger partial charge in [0.2, 0.25) is 16.0 Å². The fourth-order valence-electron chi connectivity index (χ4n) is 3.67. The summed E-state index contributed by atoms with van der Waals surface area (Å²) in [7, 11) is -3.25. The zero-order valence-corrected chi connectivity index (χ0v) is 15.6. The molecule has 0 radical (unpaired) electrons. The number of rotatable bonds is 6. The van der Waals surface area contributed by atoms with Crippen LogP contribution in [0.5, 0.6) is 0 Å². The summed E-state index contributed by atoms with van der Waals surface area (Å²) in [5.74, 6) is 1.26. The van der Waals surface area contributed by atoms with Crippen LogP contribution in [-0.2, 0) is 16.4 Å². The standard InChI is InChI=1S/C17H28N4O3S/c1-2-10-25(23,24)20-16-5-3-4-15-14(16)11-18-17(19-15)21-8-6-13(12-22)7-9-21/h11,13,16,20,22H,2-10,12H2,1H3/t16-/m1/s1. The summed E-state index contributed by atoms with van der Waals surface area (Å²) in [4.78, 5) is 11.4. The zero-order valence-electron chi connectivity index (χ0n) is 14.8. The lowest BCUT2D eigenvalue weighted by atomic mass is 9.93. The zero-order chi connectivity index (χ0) is 17.9. The van der Waals surface area contributed by atoms with Gasteiger partial charge in [-0.25, -0.2) is 23.1 Å². The van der Waals surface area contributed by atoms with Crippen molar-refractivity contribution >= 4 is 16.0 Å². The number of aliphatic hydroxyl groups is 1. The number of piperidine rings is 1. The molecule has 25 heavy (non-hydrogen) atoms. The van der Waals surface area contributed by atoms with Crippen LogP contribution in [-0.4, -0.2) is 48.9 Å². The summed E-state index contributed by atoms with van der Waals surface area (Å²) in [5, 5.41) is 9.26. The Kier molecular flexibility index (Phi) is 5.91. The molecular formula is C17H28N4O3S. The van der Waals surface area contributed by atoms with E-state index in [4.69, 9.17) is 4.98 Å². The van der Waals surface area contributed by atoms with Crippen molar-refractivity contribution in [2.75, 3.05) is 30.3 Å². The summed E-state index contributed by atoms with van der Waals surface area (Å²) in [6.45, 7) is 3.83. The number of anilines is 1. The summed E-state index contributed by atoms with van der Waals surface area (Å²) in [6.07, 6.45) is 6.90. The van der Waals surface area contributed by atoms with Crippen LogP contribution in [0.25, 0.3) is 0 Å². The summed E-state index contributed by atoms with van der Waals surface area (Å²) < 4.78 is 27.0. The number of aromatic nitrogens is 2. The molecule has 1 atom stereocenters. The maximum absolute atomic E-state index is 12.1. The van der Waals surface area contributed by atoms with E-state index in [1.54, 1.807) is 6.20 Å². The fraction of sp³-hybridized carbons (Fsp3) is 0.765. The molecule has 0 aromatic carbocycles. The first-order valence-corrected chi connectivity index (χ1v) is 10.9. The van der Waals surface area contributed by atoms with E-state index < -0.39 is 10.0 Å². The molecule has 0 spiro atoms. The van der Waals surface area contributed by atoms with Crippen LogP contribution in [0, 0.1) is 5.92 Å². The summed E-state index contributed by atoms with van der Waals surface area (Å²) >= 11 is 0. The van der Waals surface area contributed by atoms with E-state index >= 15 is 0 Å². The lowest BCUT2D eigenvalue weighted by molar-refractivity contribution is 0.202. The molecule has 0 saturated carbocycles. The lowest BCUT2D eigenvalue weighted by Crippen LogP contribution is -2.37. The van der Waals surface area contributed by atoms with Gasteiger partial charge in [-0.1, -0.05) is 6.92 Å². The minimum absolute atomic E-state index is 0.150. The van der Waals surface area contributed by atoms with Gasteiger partial charge in [-0.05, 0) is 44.4 Å². The van der Waals surface area contributed by atoms with Crippen LogP contribution in [0.4, 0.5) is 5.95 Å². The van der Waals surface area contributed by atoms with Crippen molar-refractivity contribution in [2.45, 2.75) is 51.5 Å². The number of hydrogen-bond acceptors (Lipinski definition) is 6. The average Bonchev–Trinajstić information content (AvgIpc) is 2.61. The SMILES string of the molecule is CCCS(=O)(=O)N[C@@H]1CCCc2nc(N3CCC(CO)CC3)ncc21. The minimum atomic E-state index is -3.25. The van der Waals surface area contributed by atoms with Crippen molar-refractivity contribution in [3.8, 4) is 0 Å². The average molecular weight is 369 g/mol. The topological polar surface area (TPSA) is 95.4 Å². The first-order valence-electron chi connectivity index (χ1n) is 9.24. The van der Waals surface area contributed by atoms with E-state index in [0.717, 1.165) is 62.4 Å². The molecule has 8 heteroatoms. The first-order chi connectivity index (χ1) is 12.0. The van der Waals surface area contributed by atoms with Gasteiger partial charge < -0.3 is 10.0 Å². The van der Waals surface area contributed by atoms with Crippen LogP contribution in [0.3, 0.4) is 0 Å². The Hall–Kier alpha value is -1.25. The van der Waals surface area contributed by atoms with Crippen molar-refractivity contribution in [1.29, 1.82) is 0 Å². The third kappa shape index (κ3) is 4.48. The van der Waals surface area contributed by atoms with Gasteiger partial charge in [0.25, 0.3) is 0 Å². The summed E-state index contributed by atoms with van der Waals surface area (Å²) in [6, 6.07) is -0.213. The molecule has 1 aromatic heterocycles. The molecule has 2 aliphatic rings. The van der Waals surface area contributed by atoms with Gasteiger partial charge in [-0.15, -0.1) is 0 Å². The molecule has 0 amide bonds. The molecule has 1 aliphatic heterocycles. The Morgan fingerprint density at radius 3 is 2.76 bits per heavy atom. The van der Waals surface area contributed by atoms with Gasteiger partial charge in [0.15, 0.2) is 0 Å². The lowest BCUT2D eigenvalue weighted by Gasteiger charge is -2.32. The Balaban J connectivity index is 1.74. The normalized spacial score (nSPS) is 22.0. The number of sulfonamides is 1. The second kappa shape index (κ2) is 7.97. The third-order valence-electron chi connectivity index (χ3n) is 5.12. The second-order valence-corrected chi connectivity index (χ2v) is 8.94. The van der Waals surface area contributed by atoms with Gasteiger partial charge in [0.1, 0.15) is 0 Å². The smallest absolute Gasteiger partial charge is 0.225 e. The molecular weight excluding hydrogens is 340 g/mol. The number of aliphatic hydroxyl groups excluding tert-OH is 1. The first kappa shape index (κ1) is 18.5. The maximum atomic E-state index is 12.1. The van der Waals surface area contributed by atoms with E-state index in [1.165, 1.54) is 0 Å². The Morgan fingerprint density at radius 1 is 1.32 bits per heavy atom. The van der Waals surface area contributed by atoms with E-state index in [1.807, 2.05) is 6.92 Å². The van der Waals surface area contributed by atoms with Crippen molar-refractivity contribution in [1.82, 2.24) is 14.7 Å². The van der Waals surface area contributed by atoms with Crippen LogP contribution in [0.2, 0.25) is 0 Å². The molecule has 3 rings (SSSR count). The Morgan fingerprint density at radius 2 is 2.08 bits per heavy atom. The second-order valence-electron chi connectivity index (χ2n) is 7.07. The number of nitrogens with zero attached hydrogens (tertiary/aromatic N) is 3. The van der Waals surface area contributed by atoms with E-state index in [0.29, 0.717) is 12.3 Å². The van der Waals surface area contributed by atoms with Crippen LogP contribution < -0.4 is 9.62 Å². The molecule has 2 heterocycles. The van der Waals surface area contributed by atoms with Gasteiger partial charge in [0.05, 0.1) is 11.4 Å². The molecule has 1 aliphatic carbocycles. The minimum Gasteiger partial charge on any atom is -0.396 e. The van der Waals surface area contributed by atoms with Crippen molar-refractivity contribution in [3.05, 3.63) is 17.5 Å². The molecule has 140 valence electrons. The molecule has 1 aromatic rings. The highest BCUT2D eigenvalue weighted by atomic mass is 32.2. The molecule has 0 bridgehead atoms. The van der Waals surface area contributed by atoms with Crippen molar-refractivity contribution in [2.24, 2.45) is 5.92 Å². The molecule has 1 fully saturated rings. The predicted molar refractivity (Wildman–Crippen MR) is 96.9 cm³/mol. The van der Waals surface area contributed by atoms with E-state index in [2.05, 4.69) is 14.6 Å². The van der Waals surface area contributed by atoms with E-state index in [-0.39, 0.29) is 18.4 Å². The van der Waals surface area contributed by atoms with Gasteiger partial charge in [-0.2, -0.15) is 0 Å². The van der Waals surface area contributed by atoms with Crippen molar-refractivity contribution < 1.29 is 13.5 Å². The van der Waals surface area contributed by atoms with Gasteiger partial charge >= 0.3 is 0 Å². The Bertz CT molecular complexity index is 687. The highest BCUT2D eigenvalue weighted by molar-refractivity contribution is 7.89. The van der Waals surface area contributed by atoms with Crippen LogP contribution >= 0.6 is 0 Å². The number of fused-ring (bicyclic) bond motifs is 1. The quantitative estimate of drug-likeness (QED) is 0.788. The fourth-order valence-corrected chi connectivity index (χ4v) is 5.00. The van der Waals surface area contributed by atoms with Crippen LogP contribution in [0.15, 0.2) is 6.20 Å². The highest BCUT2D eigenvalue weighted by Crippen LogP contribution is 2.30. The highest BCUT2D eigenvalue weighted by Gasteiger charge is 2.27. The van der Waals surface area contributed by atoms with Gasteiger partial charge in [0, 0.05) is 37.5 Å². The Labute approximate surface area is 149 Å². The van der Waals surface area contributed by atoms with Gasteiger partial charge in [-0.3, -0.25) is 0 Å². The monoisotopic (exact) mass is 368 g/mol. The van der Waals surface area contributed by atoms with Crippen LogP contribution in [0.1, 0.15) is 56.3 Å². The number of nitrogens with one attached hydrogen (secondary N) is 1. The molecule has 2 N–H and O–H groups in total. The van der Waals surface area contributed by atoms with E-state index in [9.17, 15) is 13.5 Å². The maximum Gasteiger partial charge on any atom is 0.225 e. The molecule has 1 saturated heterocycles. The predicted octanol–water partition coefficient (Wildman–Crippen LogP) is 1.39. The molecule has 7 nitrogen and oxygen atoms in total. The molecule has 0 unspecified atom stereocenters. The number of hydrogen-bond donors (Lipinski definition) is 2. The third-order valence-corrected chi connectivity index (χ3v) is 6.71.